The van der Waals surface area contributed by atoms with E-state index in [1.54, 1.807) is 12.1 Å². The second-order valence-corrected chi connectivity index (χ2v) is 7.74. The third-order valence-corrected chi connectivity index (χ3v) is 5.33. The van der Waals surface area contributed by atoms with Crippen LogP contribution in [0.15, 0.2) is 48.5 Å². The first-order valence-corrected chi connectivity index (χ1v) is 10.0. The number of benzene rings is 2. The smallest absolute Gasteiger partial charge is 0.308 e. The molecular formula is C23H21FN2O5. The predicted molar refractivity (Wildman–Crippen MR) is 108 cm³/mol. The zero-order valence-corrected chi connectivity index (χ0v) is 16.9. The fraction of sp³-hybridized carbons (Fsp3) is 0.304. The van der Waals surface area contributed by atoms with Gasteiger partial charge in [0.1, 0.15) is 17.6 Å². The first kappa shape index (κ1) is 20.7. The van der Waals surface area contributed by atoms with Crippen molar-refractivity contribution in [2.24, 2.45) is 5.92 Å². The van der Waals surface area contributed by atoms with Crippen molar-refractivity contribution in [2.45, 2.75) is 38.8 Å². The molecule has 1 aliphatic carbocycles. The van der Waals surface area contributed by atoms with Crippen LogP contribution >= 0.6 is 0 Å². The van der Waals surface area contributed by atoms with Crippen LogP contribution in [0.1, 0.15) is 31.7 Å². The van der Waals surface area contributed by atoms with Crippen LogP contribution in [0.2, 0.25) is 0 Å². The van der Waals surface area contributed by atoms with Gasteiger partial charge in [-0.3, -0.25) is 19.2 Å². The zero-order chi connectivity index (χ0) is 22.1. The molecule has 1 aliphatic heterocycles. The molecule has 4 rings (SSSR count). The highest BCUT2D eigenvalue weighted by atomic mass is 19.1. The number of hydrogen-bond acceptors (Lipinski definition) is 5. The van der Waals surface area contributed by atoms with Crippen molar-refractivity contribution in [2.75, 3.05) is 4.90 Å². The number of anilines is 1. The summed E-state index contributed by atoms with van der Waals surface area (Å²) in [6, 6.07) is 10.8. The van der Waals surface area contributed by atoms with Crippen molar-refractivity contribution < 1.29 is 28.3 Å². The van der Waals surface area contributed by atoms with E-state index < -0.39 is 23.8 Å². The number of nitrogens with zero attached hydrogens (tertiary/aromatic N) is 2. The first-order chi connectivity index (χ1) is 14.8. The summed E-state index contributed by atoms with van der Waals surface area (Å²) in [6.45, 7) is 1.40. The highest BCUT2D eigenvalue weighted by Gasteiger charge is 2.46. The van der Waals surface area contributed by atoms with E-state index in [1.807, 2.05) is 0 Å². The van der Waals surface area contributed by atoms with E-state index in [9.17, 15) is 23.6 Å². The van der Waals surface area contributed by atoms with Gasteiger partial charge in [-0.05, 0) is 54.8 Å². The quantitative estimate of drug-likeness (QED) is 0.405. The van der Waals surface area contributed by atoms with Crippen molar-refractivity contribution >= 4 is 29.4 Å². The number of rotatable bonds is 6. The molecule has 160 valence electrons. The van der Waals surface area contributed by atoms with Crippen LogP contribution in [-0.2, 0) is 25.7 Å². The van der Waals surface area contributed by atoms with E-state index in [0.717, 1.165) is 17.7 Å². The van der Waals surface area contributed by atoms with E-state index in [-0.39, 0.29) is 30.6 Å². The van der Waals surface area contributed by atoms with Crippen LogP contribution in [0.5, 0.6) is 5.75 Å². The van der Waals surface area contributed by atoms with Crippen molar-refractivity contribution in [1.29, 1.82) is 0 Å². The topological polar surface area (TPSA) is 84.0 Å². The highest BCUT2D eigenvalue weighted by Crippen LogP contribution is 2.35. The molecule has 1 unspecified atom stereocenters. The number of amides is 3. The molecule has 31 heavy (non-hydrogen) atoms. The Morgan fingerprint density at radius 1 is 1.06 bits per heavy atom. The number of ether oxygens (including phenoxy) is 1. The van der Waals surface area contributed by atoms with Crippen molar-refractivity contribution in [1.82, 2.24) is 4.90 Å². The molecule has 0 N–H and O–H groups in total. The van der Waals surface area contributed by atoms with Crippen LogP contribution in [0.3, 0.4) is 0 Å². The van der Waals surface area contributed by atoms with Gasteiger partial charge in [-0.2, -0.15) is 0 Å². The fourth-order valence-electron chi connectivity index (χ4n) is 3.65. The third kappa shape index (κ3) is 4.47. The number of hydrogen-bond donors (Lipinski definition) is 0. The van der Waals surface area contributed by atoms with Crippen LogP contribution < -0.4 is 9.64 Å². The van der Waals surface area contributed by atoms with Crippen molar-refractivity contribution in [3.63, 3.8) is 0 Å². The summed E-state index contributed by atoms with van der Waals surface area (Å²) >= 11 is 0. The second kappa shape index (κ2) is 8.29. The zero-order valence-electron chi connectivity index (χ0n) is 16.9. The molecule has 3 amide bonds. The van der Waals surface area contributed by atoms with Gasteiger partial charge in [-0.1, -0.05) is 12.1 Å². The van der Waals surface area contributed by atoms with Crippen molar-refractivity contribution in [3.05, 3.63) is 59.9 Å². The lowest BCUT2D eigenvalue weighted by Gasteiger charge is -2.28. The monoisotopic (exact) mass is 424 g/mol. The van der Waals surface area contributed by atoms with Gasteiger partial charge < -0.3 is 9.64 Å². The van der Waals surface area contributed by atoms with Crippen LogP contribution in [0.25, 0.3) is 0 Å². The number of carbonyl (C=O) groups is 4. The minimum absolute atomic E-state index is 0.121. The molecule has 1 saturated carbocycles. The maximum absolute atomic E-state index is 13.3. The van der Waals surface area contributed by atoms with E-state index in [4.69, 9.17) is 4.74 Å². The molecule has 8 heteroatoms. The third-order valence-electron chi connectivity index (χ3n) is 5.33. The Morgan fingerprint density at radius 2 is 1.71 bits per heavy atom. The summed E-state index contributed by atoms with van der Waals surface area (Å²) in [5.74, 6) is -1.77. The normalized spacial score (nSPS) is 18.3. The van der Waals surface area contributed by atoms with Gasteiger partial charge in [0.05, 0.1) is 12.1 Å². The van der Waals surface area contributed by atoms with Crippen molar-refractivity contribution in [3.8, 4) is 5.75 Å². The number of imide groups is 1. The van der Waals surface area contributed by atoms with Gasteiger partial charge in [-0.15, -0.1) is 0 Å². The van der Waals surface area contributed by atoms with E-state index in [0.29, 0.717) is 17.0 Å². The van der Waals surface area contributed by atoms with E-state index >= 15 is 0 Å². The minimum Gasteiger partial charge on any atom is -0.427 e. The van der Waals surface area contributed by atoms with E-state index in [2.05, 4.69) is 0 Å². The molecule has 1 heterocycles. The molecule has 1 atom stereocenters. The first-order valence-electron chi connectivity index (χ1n) is 10.0. The van der Waals surface area contributed by atoms with Gasteiger partial charge in [0.2, 0.25) is 11.8 Å². The largest absolute Gasteiger partial charge is 0.427 e. The van der Waals surface area contributed by atoms with Crippen LogP contribution in [-0.4, -0.2) is 34.6 Å². The lowest BCUT2D eigenvalue weighted by Crippen LogP contribution is -2.45. The average molecular weight is 424 g/mol. The maximum atomic E-state index is 13.3. The lowest BCUT2D eigenvalue weighted by molar-refractivity contribution is -0.140. The van der Waals surface area contributed by atoms with Gasteiger partial charge in [-0.25, -0.2) is 9.29 Å². The minimum atomic E-state index is -0.918. The lowest BCUT2D eigenvalue weighted by atomic mass is 10.1. The molecule has 0 bridgehead atoms. The Bertz CT molecular complexity index is 1030. The highest BCUT2D eigenvalue weighted by molar-refractivity contribution is 6.23. The molecule has 1 saturated heterocycles. The Balaban J connectivity index is 1.57. The predicted octanol–water partition coefficient (Wildman–Crippen LogP) is 2.82. The van der Waals surface area contributed by atoms with Gasteiger partial charge >= 0.3 is 5.97 Å². The summed E-state index contributed by atoms with van der Waals surface area (Å²) in [5, 5.41) is 0. The number of esters is 1. The molecule has 2 aromatic carbocycles. The molecule has 2 aromatic rings. The standard InChI is InChI=1S/C23H21FN2O5/c1-14(27)31-19-10-8-18(9-11-19)26-21(28)12-20(23(26)30)25(22(29)16-4-5-16)13-15-2-6-17(24)7-3-15/h2-3,6-11,16,20H,4-5,12-13H2,1H3. The molecule has 2 fully saturated rings. The van der Waals surface area contributed by atoms with Gasteiger partial charge in [0.15, 0.2) is 0 Å². The average Bonchev–Trinajstić information content (AvgIpc) is 3.53. The summed E-state index contributed by atoms with van der Waals surface area (Å²) < 4.78 is 18.2. The summed E-state index contributed by atoms with van der Waals surface area (Å²) in [6.07, 6.45) is 1.40. The van der Waals surface area contributed by atoms with Gasteiger partial charge in [0, 0.05) is 19.4 Å². The van der Waals surface area contributed by atoms with Crippen LogP contribution in [0, 0.1) is 11.7 Å². The van der Waals surface area contributed by atoms with Crippen LogP contribution in [0.4, 0.5) is 10.1 Å². The van der Waals surface area contributed by atoms with E-state index in [1.165, 1.54) is 48.2 Å². The Labute approximate surface area is 178 Å². The molecule has 7 nitrogen and oxygen atoms in total. The molecule has 0 radical (unpaired) electrons. The summed E-state index contributed by atoms with van der Waals surface area (Å²) in [7, 11) is 0. The molecule has 0 aromatic heterocycles. The summed E-state index contributed by atoms with van der Waals surface area (Å²) in [5.41, 5.74) is 1.02. The Hall–Kier alpha value is -3.55. The fourth-order valence-corrected chi connectivity index (χ4v) is 3.65. The molecule has 2 aliphatic rings. The number of carbonyl (C=O) groups excluding carboxylic acids is 4. The Kier molecular flexibility index (Phi) is 5.54. The Morgan fingerprint density at radius 3 is 2.29 bits per heavy atom. The maximum Gasteiger partial charge on any atom is 0.308 e. The summed E-state index contributed by atoms with van der Waals surface area (Å²) in [4.78, 5) is 52.4. The van der Waals surface area contributed by atoms with Gasteiger partial charge in [0.25, 0.3) is 5.91 Å². The molecule has 0 spiro atoms. The molecular weight excluding hydrogens is 403 g/mol. The number of halogens is 1. The second-order valence-electron chi connectivity index (χ2n) is 7.74. The SMILES string of the molecule is CC(=O)Oc1ccc(N2C(=O)CC(N(Cc3ccc(F)cc3)C(=O)C3CC3)C2=O)cc1.